The summed E-state index contributed by atoms with van der Waals surface area (Å²) in [5.74, 6) is -2.46. The summed E-state index contributed by atoms with van der Waals surface area (Å²) in [4.78, 5) is 14.4. The molecule has 0 aliphatic heterocycles. The first-order valence-electron chi connectivity index (χ1n) is 5.37. The van der Waals surface area contributed by atoms with Crippen molar-refractivity contribution in [2.45, 2.75) is 25.1 Å². The van der Waals surface area contributed by atoms with Crippen LogP contribution in [-0.2, 0) is 21.8 Å². The monoisotopic (exact) mass is 333 g/mol. The number of esters is 1. The molecule has 1 rings (SSSR count). The van der Waals surface area contributed by atoms with Crippen LogP contribution in [-0.4, -0.2) is 24.4 Å². The molecule has 0 amide bonds. The summed E-state index contributed by atoms with van der Waals surface area (Å²) in [7, 11) is 1.07. The van der Waals surface area contributed by atoms with E-state index in [0.29, 0.717) is 0 Å². The molecule has 1 heterocycles. The number of ether oxygens (including phenoxy) is 2. The first-order valence-corrected chi connectivity index (χ1v) is 5.90. The van der Waals surface area contributed by atoms with Crippen LogP contribution in [0.1, 0.15) is 23.4 Å². The fourth-order valence-corrected chi connectivity index (χ4v) is 1.66. The Kier molecular flexibility index (Phi) is 5.70. The molecule has 10 heteroatoms. The summed E-state index contributed by atoms with van der Waals surface area (Å²) in [5.41, 5.74) is -1.77. The maximum atomic E-state index is 12.8. The molecular formula is C11H9ClF5NO3. The standard InChI is InChI=1S/C11H9ClF5NO3/c1-20-7(19)3-6-2-5(4-12)9(21-11(15,16)17)8(18-6)10(13)14/h2,10H,3-4H2,1H3. The van der Waals surface area contributed by atoms with Crippen LogP contribution in [0.2, 0.25) is 0 Å². The SMILES string of the molecule is COC(=O)Cc1cc(CCl)c(OC(F)(F)F)c(C(F)F)n1. The number of rotatable bonds is 5. The van der Waals surface area contributed by atoms with E-state index < -0.39 is 42.5 Å². The van der Waals surface area contributed by atoms with E-state index in [1.807, 2.05) is 0 Å². The summed E-state index contributed by atoms with van der Waals surface area (Å²) < 4.78 is 70.3. The van der Waals surface area contributed by atoms with Gasteiger partial charge in [-0.2, -0.15) is 0 Å². The van der Waals surface area contributed by atoms with Gasteiger partial charge in [0.25, 0.3) is 6.43 Å². The van der Waals surface area contributed by atoms with Gasteiger partial charge in [-0.05, 0) is 6.07 Å². The minimum atomic E-state index is -5.17. The molecule has 0 atom stereocenters. The highest BCUT2D eigenvalue weighted by molar-refractivity contribution is 6.17. The Balaban J connectivity index is 3.32. The van der Waals surface area contributed by atoms with E-state index in [0.717, 1.165) is 13.2 Å². The molecular weight excluding hydrogens is 325 g/mol. The highest BCUT2D eigenvalue weighted by atomic mass is 35.5. The predicted octanol–water partition coefficient (Wildman–Crippen LogP) is 3.37. The van der Waals surface area contributed by atoms with Gasteiger partial charge >= 0.3 is 12.3 Å². The number of methoxy groups -OCH3 is 1. The summed E-state index contributed by atoms with van der Waals surface area (Å²) >= 11 is 5.44. The average molecular weight is 334 g/mol. The van der Waals surface area contributed by atoms with Gasteiger partial charge in [-0.15, -0.1) is 24.8 Å². The van der Waals surface area contributed by atoms with Gasteiger partial charge in [0.05, 0.1) is 25.1 Å². The van der Waals surface area contributed by atoms with Crippen molar-refractivity contribution in [2.24, 2.45) is 0 Å². The number of alkyl halides is 6. The van der Waals surface area contributed by atoms with Gasteiger partial charge in [-0.1, -0.05) is 0 Å². The Morgan fingerprint density at radius 3 is 2.48 bits per heavy atom. The topological polar surface area (TPSA) is 48.4 Å². The Morgan fingerprint density at radius 2 is 2.05 bits per heavy atom. The number of hydrogen-bond donors (Lipinski definition) is 0. The first kappa shape index (κ1) is 17.4. The van der Waals surface area contributed by atoms with E-state index in [2.05, 4.69) is 14.5 Å². The van der Waals surface area contributed by atoms with Crippen molar-refractivity contribution in [3.05, 3.63) is 23.0 Å². The minimum absolute atomic E-state index is 0.192. The molecule has 0 spiro atoms. The number of carbonyl (C=O) groups is 1. The largest absolute Gasteiger partial charge is 0.573 e. The Morgan fingerprint density at radius 1 is 1.43 bits per heavy atom. The van der Waals surface area contributed by atoms with Crippen molar-refractivity contribution in [1.82, 2.24) is 4.98 Å². The lowest BCUT2D eigenvalue weighted by Crippen LogP contribution is -2.20. The van der Waals surface area contributed by atoms with E-state index in [4.69, 9.17) is 11.6 Å². The van der Waals surface area contributed by atoms with Crippen molar-refractivity contribution in [1.29, 1.82) is 0 Å². The van der Waals surface area contributed by atoms with Crippen LogP contribution in [0, 0.1) is 0 Å². The quantitative estimate of drug-likeness (QED) is 0.471. The van der Waals surface area contributed by atoms with Crippen molar-refractivity contribution < 1.29 is 36.2 Å². The molecule has 0 radical (unpaired) electrons. The van der Waals surface area contributed by atoms with Crippen molar-refractivity contribution >= 4 is 17.6 Å². The molecule has 0 aromatic carbocycles. The zero-order chi connectivity index (χ0) is 16.2. The molecule has 0 saturated carbocycles. The second kappa shape index (κ2) is 6.88. The summed E-state index contributed by atoms with van der Waals surface area (Å²) in [6, 6.07) is 0.983. The molecule has 0 aliphatic carbocycles. The molecule has 0 N–H and O–H groups in total. The van der Waals surface area contributed by atoms with Crippen molar-refractivity contribution in [3.8, 4) is 5.75 Å². The number of nitrogens with zero attached hydrogens (tertiary/aromatic N) is 1. The molecule has 1 aromatic heterocycles. The van der Waals surface area contributed by atoms with E-state index in [1.165, 1.54) is 0 Å². The van der Waals surface area contributed by atoms with Crippen LogP contribution in [0.4, 0.5) is 22.0 Å². The van der Waals surface area contributed by atoms with Gasteiger partial charge in [-0.25, -0.2) is 13.8 Å². The highest BCUT2D eigenvalue weighted by Gasteiger charge is 2.35. The molecule has 0 bridgehead atoms. The van der Waals surface area contributed by atoms with E-state index >= 15 is 0 Å². The molecule has 21 heavy (non-hydrogen) atoms. The maximum absolute atomic E-state index is 12.8. The Hall–Kier alpha value is -1.64. The lowest BCUT2D eigenvalue weighted by molar-refractivity contribution is -0.275. The van der Waals surface area contributed by atoms with Gasteiger partial charge < -0.3 is 9.47 Å². The minimum Gasteiger partial charge on any atom is -0.469 e. The Labute approximate surface area is 120 Å². The normalized spacial score (nSPS) is 11.6. The van der Waals surface area contributed by atoms with Crippen LogP contribution in [0.25, 0.3) is 0 Å². The molecule has 118 valence electrons. The second-order valence-electron chi connectivity index (χ2n) is 3.72. The van der Waals surface area contributed by atoms with Gasteiger partial charge in [0, 0.05) is 5.56 Å². The van der Waals surface area contributed by atoms with Crippen LogP contribution in [0.3, 0.4) is 0 Å². The lowest BCUT2D eigenvalue weighted by atomic mass is 10.1. The average Bonchev–Trinajstić information content (AvgIpc) is 2.37. The fraction of sp³-hybridized carbons (Fsp3) is 0.455. The smallest absolute Gasteiger partial charge is 0.469 e. The van der Waals surface area contributed by atoms with Crippen molar-refractivity contribution in [2.75, 3.05) is 7.11 Å². The lowest BCUT2D eigenvalue weighted by Gasteiger charge is -2.16. The van der Waals surface area contributed by atoms with Crippen LogP contribution in [0.15, 0.2) is 6.07 Å². The van der Waals surface area contributed by atoms with E-state index in [1.54, 1.807) is 0 Å². The summed E-state index contributed by atoms with van der Waals surface area (Å²) in [5, 5.41) is 0. The zero-order valence-corrected chi connectivity index (χ0v) is 11.3. The number of hydrogen-bond acceptors (Lipinski definition) is 4. The van der Waals surface area contributed by atoms with Crippen molar-refractivity contribution in [3.63, 3.8) is 0 Å². The molecule has 0 fully saturated rings. The maximum Gasteiger partial charge on any atom is 0.573 e. The van der Waals surface area contributed by atoms with E-state index in [-0.39, 0.29) is 11.3 Å². The molecule has 0 unspecified atom stereocenters. The van der Waals surface area contributed by atoms with Crippen LogP contribution in [0.5, 0.6) is 5.75 Å². The summed E-state index contributed by atoms with van der Waals surface area (Å²) in [6.45, 7) is 0. The van der Waals surface area contributed by atoms with E-state index in [9.17, 15) is 26.7 Å². The van der Waals surface area contributed by atoms with Gasteiger partial charge in [0.2, 0.25) is 0 Å². The van der Waals surface area contributed by atoms with Crippen LogP contribution >= 0.6 is 11.6 Å². The molecule has 0 aliphatic rings. The first-order chi connectivity index (χ1) is 9.67. The molecule has 4 nitrogen and oxygen atoms in total. The molecule has 1 aromatic rings. The third-order valence-electron chi connectivity index (χ3n) is 2.25. The highest BCUT2D eigenvalue weighted by Crippen LogP contribution is 2.36. The third kappa shape index (κ3) is 5.00. The predicted molar refractivity (Wildman–Crippen MR) is 61.2 cm³/mol. The summed E-state index contributed by atoms with van der Waals surface area (Å²) in [6.07, 6.45) is -8.98. The number of pyridine rings is 1. The number of aromatic nitrogens is 1. The van der Waals surface area contributed by atoms with Gasteiger partial charge in [0.1, 0.15) is 5.69 Å². The molecule has 0 saturated heterocycles. The van der Waals surface area contributed by atoms with Gasteiger partial charge in [-0.3, -0.25) is 4.79 Å². The fourth-order valence-electron chi connectivity index (χ4n) is 1.46. The Bertz CT molecular complexity index is 521. The zero-order valence-electron chi connectivity index (χ0n) is 10.5. The number of halogens is 6. The second-order valence-corrected chi connectivity index (χ2v) is 3.99. The van der Waals surface area contributed by atoms with Gasteiger partial charge in [0.15, 0.2) is 5.75 Å². The number of carbonyl (C=O) groups excluding carboxylic acids is 1. The third-order valence-corrected chi connectivity index (χ3v) is 2.54. The van der Waals surface area contributed by atoms with Crippen LogP contribution < -0.4 is 4.74 Å².